The number of nitrogens with zero attached hydrogens (tertiary/aromatic N) is 1. The number of likely N-dealkylation sites (tertiary alicyclic amines) is 1. The normalized spacial score (nSPS) is 25.1. The topological polar surface area (TPSA) is 12.5 Å². The van der Waals surface area contributed by atoms with E-state index >= 15 is 0 Å². The summed E-state index contributed by atoms with van der Waals surface area (Å²) in [7, 11) is 0. The van der Waals surface area contributed by atoms with Crippen molar-refractivity contribution >= 4 is 0 Å². The smallest absolute Gasteiger partial charge is 0.0518 e. The van der Waals surface area contributed by atoms with Crippen LogP contribution in [-0.4, -0.2) is 36.7 Å². The Kier molecular flexibility index (Phi) is 3.60. The summed E-state index contributed by atoms with van der Waals surface area (Å²) in [5.41, 5.74) is 0.729. The van der Waals surface area contributed by atoms with Gasteiger partial charge in [-0.2, -0.15) is 0 Å². The molecule has 1 heterocycles. The van der Waals surface area contributed by atoms with Crippen molar-refractivity contribution in [1.29, 1.82) is 0 Å². The van der Waals surface area contributed by atoms with Gasteiger partial charge in [0.2, 0.25) is 0 Å². The van der Waals surface area contributed by atoms with E-state index in [0.717, 1.165) is 24.0 Å². The first-order valence-electron chi connectivity index (χ1n) is 6.86. The van der Waals surface area contributed by atoms with Crippen LogP contribution in [0.25, 0.3) is 0 Å². The van der Waals surface area contributed by atoms with Crippen molar-refractivity contribution in [2.45, 2.75) is 59.1 Å². The summed E-state index contributed by atoms with van der Waals surface area (Å²) in [5, 5.41) is 0. The van der Waals surface area contributed by atoms with Crippen molar-refractivity contribution in [3.05, 3.63) is 0 Å². The fourth-order valence-corrected chi connectivity index (χ4v) is 3.28. The van der Waals surface area contributed by atoms with Crippen molar-refractivity contribution in [1.82, 2.24) is 4.90 Å². The van der Waals surface area contributed by atoms with Gasteiger partial charge in [0.1, 0.15) is 0 Å². The summed E-state index contributed by atoms with van der Waals surface area (Å²) in [5.74, 6) is 0.952. The molecular formula is C14H27NO. The van der Waals surface area contributed by atoms with Gasteiger partial charge in [0.05, 0.1) is 6.10 Å². The molecule has 2 rings (SSSR count). The molecule has 0 aromatic rings. The lowest BCUT2D eigenvalue weighted by Crippen LogP contribution is -2.63. The van der Waals surface area contributed by atoms with Crippen LogP contribution in [-0.2, 0) is 4.74 Å². The molecular weight excluding hydrogens is 198 g/mol. The molecule has 0 N–H and O–H groups in total. The molecule has 2 nitrogen and oxygen atoms in total. The molecule has 0 unspecified atom stereocenters. The van der Waals surface area contributed by atoms with Crippen LogP contribution in [0.3, 0.4) is 0 Å². The minimum Gasteiger partial charge on any atom is -0.379 e. The zero-order valence-corrected chi connectivity index (χ0v) is 11.3. The van der Waals surface area contributed by atoms with Crippen molar-refractivity contribution in [2.24, 2.45) is 11.3 Å². The van der Waals surface area contributed by atoms with E-state index in [0.29, 0.717) is 6.10 Å². The van der Waals surface area contributed by atoms with Gasteiger partial charge in [-0.05, 0) is 58.3 Å². The molecule has 2 aliphatic rings. The zero-order valence-electron chi connectivity index (χ0n) is 11.3. The summed E-state index contributed by atoms with van der Waals surface area (Å²) < 4.78 is 5.62. The lowest BCUT2D eigenvalue weighted by Gasteiger charge is -2.60. The maximum absolute atomic E-state index is 5.62. The van der Waals surface area contributed by atoms with Gasteiger partial charge < -0.3 is 4.74 Å². The van der Waals surface area contributed by atoms with E-state index in [9.17, 15) is 0 Å². The van der Waals surface area contributed by atoms with Gasteiger partial charge in [0.25, 0.3) is 0 Å². The van der Waals surface area contributed by atoms with Crippen molar-refractivity contribution in [2.75, 3.05) is 19.7 Å². The lowest BCUT2D eigenvalue weighted by molar-refractivity contribution is -0.113. The van der Waals surface area contributed by atoms with Gasteiger partial charge in [-0.1, -0.05) is 0 Å². The highest BCUT2D eigenvalue weighted by molar-refractivity contribution is 5.04. The predicted octanol–water partition coefficient (Wildman–Crippen LogP) is 2.92. The van der Waals surface area contributed by atoms with Gasteiger partial charge in [0, 0.05) is 25.7 Å². The minimum atomic E-state index is 0.397. The molecule has 1 aliphatic carbocycles. The third-order valence-electron chi connectivity index (χ3n) is 4.23. The third-order valence-corrected chi connectivity index (χ3v) is 4.23. The van der Waals surface area contributed by atoms with E-state index in [1.54, 1.807) is 0 Å². The molecule has 94 valence electrons. The van der Waals surface area contributed by atoms with Crippen LogP contribution in [0.2, 0.25) is 0 Å². The van der Waals surface area contributed by atoms with E-state index in [1.165, 1.54) is 32.4 Å². The average molecular weight is 225 g/mol. The Morgan fingerprint density at radius 1 is 1.19 bits per heavy atom. The SMILES string of the molecule is CC(C)OCCC1CC2(C1)CN(C(C)C)C2. The number of ether oxygens (including phenoxy) is 1. The Labute approximate surface area is 100 Å². The second-order valence-electron chi connectivity index (χ2n) is 6.48. The molecule has 0 bridgehead atoms. The quantitative estimate of drug-likeness (QED) is 0.713. The van der Waals surface area contributed by atoms with Crippen LogP contribution in [0, 0.1) is 11.3 Å². The van der Waals surface area contributed by atoms with Gasteiger partial charge in [-0.15, -0.1) is 0 Å². The molecule has 16 heavy (non-hydrogen) atoms. The van der Waals surface area contributed by atoms with E-state index < -0.39 is 0 Å². The highest BCUT2D eigenvalue weighted by atomic mass is 16.5. The lowest BCUT2D eigenvalue weighted by atomic mass is 9.57. The summed E-state index contributed by atoms with van der Waals surface area (Å²) in [6, 6.07) is 0.744. The molecule has 1 spiro atoms. The average Bonchev–Trinajstić information content (AvgIpc) is 2.03. The third kappa shape index (κ3) is 2.60. The van der Waals surface area contributed by atoms with E-state index in [-0.39, 0.29) is 0 Å². The molecule has 1 saturated carbocycles. The summed E-state index contributed by atoms with van der Waals surface area (Å²) in [4.78, 5) is 2.60. The van der Waals surface area contributed by atoms with Crippen LogP contribution in [0.1, 0.15) is 47.0 Å². The highest BCUT2D eigenvalue weighted by Crippen LogP contribution is 2.53. The molecule has 0 radical (unpaired) electrons. The fraction of sp³-hybridized carbons (Fsp3) is 1.00. The van der Waals surface area contributed by atoms with Gasteiger partial charge in [-0.25, -0.2) is 0 Å². The van der Waals surface area contributed by atoms with Crippen molar-refractivity contribution in [3.63, 3.8) is 0 Å². The first-order valence-corrected chi connectivity index (χ1v) is 6.86. The van der Waals surface area contributed by atoms with Crippen LogP contribution in [0.4, 0.5) is 0 Å². The molecule has 2 fully saturated rings. The minimum absolute atomic E-state index is 0.397. The predicted molar refractivity (Wildman–Crippen MR) is 67.6 cm³/mol. The van der Waals surface area contributed by atoms with Gasteiger partial charge in [0.15, 0.2) is 0 Å². The maximum atomic E-state index is 5.62. The van der Waals surface area contributed by atoms with E-state index in [2.05, 4.69) is 32.6 Å². The van der Waals surface area contributed by atoms with Crippen LogP contribution >= 0.6 is 0 Å². The second-order valence-corrected chi connectivity index (χ2v) is 6.48. The van der Waals surface area contributed by atoms with Crippen LogP contribution in [0.5, 0.6) is 0 Å². The number of hydrogen-bond acceptors (Lipinski definition) is 2. The second kappa shape index (κ2) is 4.66. The van der Waals surface area contributed by atoms with Crippen LogP contribution < -0.4 is 0 Å². The Morgan fingerprint density at radius 3 is 2.31 bits per heavy atom. The zero-order chi connectivity index (χ0) is 11.8. The van der Waals surface area contributed by atoms with Gasteiger partial charge >= 0.3 is 0 Å². The van der Waals surface area contributed by atoms with Crippen LogP contribution in [0.15, 0.2) is 0 Å². The Bertz CT molecular complexity index is 223. The highest BCUT2D eigenvalue weighted by Gasteiger charge is 2.51. The molecule has 0 amide bonds. The summed E-state index contributed by atoms with van der Waals surface area (Å²) >= 11 is 0. The van der Waals surface area contributed by atoms with E-state index in [1.807, 2.05) is 0 Å². The van der Waals surface area contributed by atoms with Gasteiger partial charge in [-0.3, -0.25) is 4.90 Å². The molecule has 0 aromatic heterocycles. The molecule has 1 saturated heterocycles. The van der Waals surface area contributed by atoms with Crippen molar-refractivity contribution in [3.8, 4) is 0 Å². The van der Waals surface area contributed by atoms with Crippen molar-refractivity contribution < 1.29 is 4.74 Å². The Hall–Kier alpha value is -0.0800. The number of hydrogen-bond donors (Lipinski definition) is 0. The molecule has 0 aromatic carbocycles. The largest absolute Gasteiger partial charge is 0.379 e. The molecule has 0 atom stereocenters. The monoisotopic (exact) mass is 225 g/mol. The standard InChI is InChI=1S/C14H27NO/c1-11(2)15-9-14(10-15)7-13(8-14)5-6-16-12(3)4/h11-13H,5-10H2,1-4H3. The molecule has 2 heteroatoms. The number of rotatable bonds is 5. The fourth-order valence-electron chi connectivity index (χ4n) is 3.28. The maximum Gasteiger partial charge on any atom is 0.0518 e. The Morgan fingerprint density at radius 2 is 1.81 bits per heavy atom. The summed E-state index contributed by atoms with van der Waals surface area (Å²) in [6.07, 6.45) is 4.59. The van der Waals surface area contributed by atoms with E-state index in [4.69, 9.17) is 4.74 Å². The first-order chi connectivity index (χ1) is 7.51. The molecule has 1 aliphatic heterocycles. The summed E-state index contributed by atoms with van der Waals surface area (Å²) in [6.45, 7) is 12.5. The first kappa shape index (κ1) is 12.4. The Balaban J connectivity index is 1.57.